The number of nitrogens with one attached hydrogen (secondary N) is 2. The van der Waals surface area contributed by atoms with Crippen molar-refractivity contribution in [3.8, 4) is 22.5 Å². The number of amides is 1. The van der Waals surface area contributed by atoms with Crippen LogP contribution in [0.15, 0.2) is 72.1 Å². The SMILES string of the molecule is O=C(NCc1cccs1)c1ccc(-c2cc(-c3ccc(Cl)cc3)[nH]n2)cc1. The summed E-state index contributed by atoms with van der Waals surface area (Å²) in [5.41, 5.74) is 4.33. The molecule has 134 valence electrons. The molecule has 0 atom stereocenters. The molecule has 0 unspecified atom stereocenters. The van der Waals surface area contributed by atoms with Crippen molar-refractivity contribution in [3.05, 3.63) is 87.6 Å². The molecule has 2 N–H and O–H groups in total. The molecule has 0 bridgehead atoms. The standard InChI is InChI=1S/C21H16ClN3OS/c22-17-9-7-15(8-10-17)20-12-19(24-25-20)14-3-5-16(6-4-14)21(26)23-13-18-2-1-11-27-18/h1-12H,13H2,(H,23,26)(H,24,25). The summed E-state index contributed by atoms with van der Waals surface area (Å²) in [5, 5.41) is 13.0. The summed E-state index contributed by atoms with van der Waals surface area (Å²) in [7, 11) is 0. The number of carbonyl (C=O) groups excluding carboxylic acids is 1. The topological polar surface area (TPSA) is 57.8 Å². The van der Waals surface area contributed by atoms with Crippen LogP contribution in [0.5, 0.6) is 0 Å². The lowest BCUT2D eigenvalue weighted by Gasteiger charge is -2.04. The number of benzene rings is 2. The van der Waals surface area contributed by atoms with Gasteiger partial charge in [0, 0.05) is 21.0 Å². The van der Waals surface area contributed by atoms with Crippen molar-refractivity contribution in [2.75, 3.05) is 0 Å². The van der Waals surface area contributed by atoms with Crippen LogP contribution < -0.4 is 5.32 Å². The average Bonchev–Trinajstić information content (AvgIpc) is 3.39. The van der Waals surface area contributed by atoms with E-state index in [0.29, 0.717) is 17.1 Å². The van der Waals surface area contributed by atoms with Crippen LogP contribution >= 0.6 is 22.9 Å². The Morgan fingerprint density at radius 1 is 1.04 bits per heavy atom. The summed E-state index contributed by atoms with van der Waals surface area (Å²) in [4.78, 5) is 13.4. The van der Waals surface area contributed by atoms with Gasteiger partial charge in [-0.05, 0) is 47.3 Å². The van der Waals surface area contributed by atoms with Gasteiger partial charge in [-0.25, -0.2) is 0 Å². The second kappa shape index (κ2) is 7.78. The van der Waals surface area contributed by atoms with Gasteiger partial charge in [0.05, 0.1) is 17.9 Å². The van der Waals surface area contributed by atoms with Crippen LogP contribution in [0.4, 0.5) is 0 Å². The third kappa shape index (κ3) is 4.10. The molecule has 6 heteroatoms. The molecule has 0 spiro atoms. The number of nitrogens with zero attached hydrogens (tertiary/aromatic N) is 1. The summed E-state index contributed by atoms with van der Waals surface area (Å²) in [5.74, 6) is -0.0844. The van der Waals surface area contributed by atoms with Crippen molar-refractivity contribution in [3.63, 3.8) is 0 Å². The number of thiophene rings is 1. The number of aromatic nitrogens is 2. The molecule has 0 aliphatic rings. The van der Waals surface area contributed by atoms with Gasteiger partial charge in [-0.1, -0.05) is 41.9 Å². The Balaban J connectivity index is 1.46. The second-order valence-corrected chi connectivity index (χ2v) is 7.48. The summed E-state index contributed by atoms with van der Waals surface area (Å²) in [6.45, 7) is 0.544. The van der Waals surface area contributed by atoms with Gasteiger partial charge in [0.15, 0.2) is 0 Å². The smallest absolute Gasteiger partial charge is 0.251 e. The zero-order valence-electron chi connectivity index (χ0n) is 14.3. The fourth-order valence-corrected chi connectivity index (χ4v) is 3.49. The number of H-pyrrole nitrogens is 1. The van der Waals surface area contributed by atoms with Gasteiger partial charge in [0.25, 0.3) is 5.91 Å². The van der Waals surface area contributed by atoms with Crippen molar-refractivity contribution in [1.82, 2.24) is 15.5 Å². The van der Waals surface area contributed by atoms with Crippen molar-refractivity contribution >= 4 is 28.8 Å². The molecule has 0 saturated heterocycles. The van der Waals surface area contributed by atoms with E-state index in [1.165, 1.54) is 0 Å². The van der Waals surface area contributed by atoms with Gasteiger partial charge >= 0.3 is 0 Å². The largest absolute Gasteiger partial charge is 0.347 e. The molecular weight excluding hydrogens is 378 g/mol. The van der Waals surface area contributed by atoms with Gasteiger partial charge in [0.1, 0.15) is 0 Å². The number of halogens is 1. The molecule has 0 saturated carbocycles. The van der Waals surface area contributed by atoms with Crippen LogP contribution in [0.25, 0.3) is 22.5 Å². The minimum atomic E-state index is -0.0844. The summed E-state index contributed by atoms with van der Waals surface area (Å²) >= 11 is 7.56. The first kappa shape index (κ1) is 17.5. The molecule has 27 heavy (non-hydrogen) atoms. The lowest BCUT2D eigenvalue weighted by Crippen LogP contribution is -2.22. The highest BCUT2D eigenvalue weighted by molar-refractivity contribution is 7.09. The van der Waals surface area contributed by atoms with E-state index >= 15 is 0 Å². The quantitative estimate of drug-likeness (QED) is 0.477. The highest BCUT2D eigenvalue weighted by Gasteiger charge is 2.09. The molecule has 2 aromatic carbocycles. The first-order valence-corrected chi connectivity index (χ1v) is 9.67. The molecule has 4 rings (SSSR count). The Kier molecular flexibility index (Phi) is 5.05. The van der Waals surface area contributed by atoms with Gasteiger partial charge < -0.3 is 5.32 Å². The molecule has 4 nitrogen and oxygen atoms in total. The van der Waals surface area contributed by atoms with Gasteiger partial charge in [0.2, 0.25) is 0 Å². The average molecular weight is 394 g/mol. The van der Waals surface area contributed by atoms with Crippen molar-refractivity contribution in [2.45, 2.75) is 6.54 Å². The zero-order chi connectivity index (χ0) is 18.6. The zero-order valence-corrected chi connectivity index (χ0v) is 15.8. The summed E-state index contributed by atoms with van der Waals surface area (Å²) in [6, 6.07) is 21.0. The lowest BCUT2D eigenvalue weighted by atomic mass is 10.1. The molecule has 0 fully saturated rings. The molecule has 0 radical (unpaired) electrons. The Bertz CT molecular complexity index is 1040. The van der Waals surface area contributed by atoms with Crippen LogP contribution in [0.3, 0.4) is 0 Å². The monoisotopic (exact) mass is 393 g/mol. The first-order chi connectivity index (χ1) is 13.2. The predicted molar refractivity (Wildman–Crippen MR) is 110 cm³/mol. The van der Waals surface area contributed by atoms with Crippen molar-refractivity contribution in [2.24, 2.45) is 0 Å². The summed E-state index contributed by atoms with van der Waals surface area (Å²) in [6.07, 6.45) is 0. The van der Waals surface area contributed by atoms with Crippen LogP contribution in [0.1, 0.15) is 15.2 Å². The Morgan fingerprint density at radius 2 is 1.78 bits per heavy atom. The number of rotatable bonds is 5. The molecular formula is C21H16ClN3OS. The Labute approximate surface area is 165 Å². The minimum Gasteiger partial charge on any atom is -0.347 e. The molecule has 2 aromatic heterocycles. The predicted octanol–water partition coefficient (Wildman–Crippen LogP) is 5.39. The van der Waals surface area contributed by atoms with Gasteiger partial charge in [-0.2, -0.15) is 5.10 Å². The first-order valence-electron chi connectivity index (χ1n) is 8.41. The maximum atomic E-state index is 12.3. The van der Waals surface area contributed by atoms with Crippen LogP contribution in [-0.2, 0) is 6.54 Å². The van der Waals surface area contributed by atoms with Gasteiger partial charge in [-0.15, -0.1) is 11.3 Å². The molecule has 4 aromatic rings. The number of carbonyl (C=O) groups is 1. The Hall–Kier alpha value is -2.89. The third-order valence-corrected chi connectivity index (χ3v) is 5.31. The number of aromatic amines is 1. The number of hydrogen-bond donors (Lipinski definition) is 2. The van der Waals surface area contributed by atoms with Crippen molar-refractivity contribution < 1.29 is 4.79 Å². The molecule has 1 amide bonds. The van der Waals surface area contributed by atoms with Crippen molar-refractivity contribution in [1.29, 1.82) is 0 Å². The van der Waals surface area contributed by atoms with E-state index in [9.17, 15) is 4.79 Å². The molecule has 0 aliphatic heterocycles. The lowest BCUT2D eigenvalue weighted by molar-refractivity contribution is 0.0951. The maximum absolute atomic E-state index is 12.3. The second-order valence-electron chi connectivity index (χ2n) is 6.01. The maximum Gasteiger partial charge on any atom is 0.251 e. The summed E-state index contributed by atoms with van der Waals surface area (Å²) < 4.78 is 0. The minimum absolute atomic E-state index is 0.0844. The van der Waals surface area contributed by atoms with Crippen LogP contribution in [-0.4, -0.2) is 16.1 Å². The highest BCUT2D eigenvalue weighted by Crippen LogP contribution is 2.25. The Morgan fingerprint density at radius 3 is 2.48 bits per heavy atom. The van der Waals surface area contributed by atoms with E-state index in [2.05, 4.69) is 15.5 Å². The van der Waals surface area contributed by atoms with E-state index in [-0.39, 0.29) is 5.91 Å². The fourth-order valence-electron chi connectivity index (χ4n) is 2.72. The normalized spacial score (nSPS) is 10.7. The van der Waals surface area contributed by atoms with E-state index < -0.39 is 0 Å². The van der Waals surface area contributed by atoms with E-state index in [1.54, 1.807) is 11.3 Å². The molecule has 2 heterocycles. The highest BCUT2D eigenvalue weighted by atomic mass is 35.5. The third-order valence-electron chi connectivity index (χ3n) is 4.18. The van der Waals surface area contributed by atoms with Crippen LogP contribution in [0.2, 0.25) is 5.02 Å². The number of hydrogen-bond acceptors (Lipinski definition) is 3. The molecule has 0 aliphatic carbocycles. The van der Waals surface area contributed by atoms with Crippen LogP contribution in [0, 0.1) is 0 Å². The van der Waals surface area contributed by atoms with E-state index in [4.69, 9.17) is 11.6 Å². The van der Waals surface area contributed by atoms with E-state index in [0.717, 1.165) is 27.4 Å². The fraction of sp³-hybridized carbons (Fsp3) is 0.0476. The van der Waals surface area contributed by atoms with Gasteiger partial charge in [-0.3, -0.25) is 9.89 Å². The van der Waals surface area contributed by atoms with E-state index in [1.807, 2.05) is 72.1 Å².